The molecule has 1 aromatic carbocycles. The topological polar surface area (TPSA) is 114 Å². The normalized spacial score (nSPS) is 11.5. The molecule has 0 bridgehead atoms. The average Bonchev–Trinajstić information content (AvgIpc) is 3.27. The zero-order valence-electron chi connectivity index (χ0n) is 14.7. The van der Waals surface area contributed by atoms with Crippen molar-refractivity contribution in [2.75, 3.05) is 11.9 Å². The maximum Gasteiger partial charge on any atom is 0.242 e. The van der Waals surface area contributed by atoms with Crippen molar-refractivity contribution in [1.82, 2.24) is 14.9 Å². The molecule has 27 heavy (non-hydrogen) atoms. The van der Waals surface area contributed by atoms with E-state index in [1.165, 1.54) is 17.4 Å². The summed E-state index contributed by atoms with van der Waals surface area (Å²) in [4.78, 5) is 17.4. The van der Waals surface area contributed by atoms with Crippen molar-refractivity contribution in [2.45, 2.75) is 25.2 Å². The molecule has 1 amide bonds. The first kappa shape index (κ1) is 19.2. The van der Waals surface area contributed by atoms with E-state index in [0.717, 1.165) is 0 Å². The number of carbonyl (C=O) groups excluding carboxylic acids is 1. The fourth-order valence-corrected chi connectivity index (χ4v) is 4.80. The Morgan fingerprint density at radius 1 is 1.26 bits per heavy atom. The molecule has 2 aromatic heterocycles. The number of sulfonamides is 1. The summed E-state index contributed by atoms with van der Waals surface area (Å²) in [6.07, 6.45) is 0.598. The summed E-state index contributed by atoms with van der Waals surface area (Å²) in [5.74, 6) is 0.378. The molecule has 0 fully saturated rings. The van der Waals surface area contributed by atoms with Crippen LogP contribution in [0.15, 0.2) is 45.8 Å². The van der Waals surface area contributed by atoms with Crippen LogP contribution in [0, 0.1) is 6.92 Å². The van der Waals surface area contributed by atoms with Crippen LogP contribution in [0.1, 0.15) is 17.7 Å². The maximum absolute atomic E-state index is 12.6. The Morgan fingerprint density at radius 3 is 2.67 bits per heavy atom. The Morgan fingerprint density at radius 2 is 2.00 bits per heavy atom. The number of benzene rings is 1. The maximum atomic E-state index is 12.6. The third-order valence-corrected chi connectivity index (χ3v) is 6.34. The fourth-order valence-electron chi connectivity index (χ4n) is 2.31. The third-order valence-electron chi connectivity index (χ3n) is 3.63. The van der Waals surface area contributed by atoms with E-state index in [4.69, 9.17) is 4.52 Å². The molecule has 2 N–H and O–H groups in total. The zero-order chi connectivity index (χ0) is 19.4. The number of anilines is 1. The molecule has 0 atom stereocenters. The number of nitrogens with zero attached hydrogens (tertiary/aromatic N) is 2. The van der Waals surface area contributed by atoms with E-state index >= 15 is 0 Å². The van der Waals surface area contributed by atoms with Gasteiger partial charge < -0.3 is 9.84 Å². The van der Waals surface area contributed by atoms with Gasteiger partial charge in [0.1, 0.15) is 0 Å². The molecular weight excluding hydrogens is 388 g/mol. The summed E-state index contributed by atoms with van der Waals surface area (Å²) in [7, 11) is -3.85. The van der Waals surface area contributed by atoms with Crippen molar-refractivity contribution >= 4 is 33.0 Å². The number of hydrogen-bond donors (Lipinski definition) is 2. The highest BCUT2D eigenvalue weighted by atomic mass is 32.2. The second kappa shape index (κ2) is 7.99. The van der Waals surface area contributed by atoms with Crippen molar-refractivity contribution in [3.63, 3.8) is 0 Å². The fraction of sp³-hybridized carbons (Fsp3) is 0.235. The summed E-state index contributed by atoms with van der Waals surface area (Å²) in [6, 6.07) is 10.3. The van der Waals surface area contributed by atoms with Crippen LogP contribution in [0.25, 0.3) is 10.7 Å². The summed E-state index contributed by atoms with van der Waals surface area (Å²) < 4.78 is 32.5. The highest BCUT2D eigenvalue weighted by molar-refractivity contribution is 7.89. The number of rotatable bonds is 7. The van der Waals surface area contributed by atoms with Crippen LogP contribution in [-0.4, -0.2) is 31.0 Å². The summed E-state index contributed by atoms with van der Waals surface area (Å²) in [5.41, 5.74) is 0.597. The summed E-state index contributed by atoms with van der Waals surface area (Å²) in [5, 5.41) is 6.48. The molecule has 3 aromatic rings. The first-order chi connectivity index (χ1) is 12.9. The Labute approximate surface area is 160 Å². The minimum absolute atomic E-state index is 0.0952. The van der Waals surface area contributed by atoms with Crippen molar-refractivity contribution in [3.05, 3.63) is 47.2 Å². The third kappa shape index (κ3) is 4.59. The Kier molecular flexibility index (Phi) is 5.68. The van der Waals surface area contributed by atoms with Crippen LogP contribution in [0.2, 0.25) is 0 Å². The van der Waals surface area contributed by atoms with E-state index < -0.39 is 15.9 Å². The van der Waals surface area contributed by atoms with Crippen molar-refractivity contribution < 1.29 is 17.7 Å². The molecule has 0 aliphatic carbocycles. The van der Waals surface area contributed by atoms with Crippen LogP contribution < -0.4 is 10.0 Å². The monoisotopic (exact) mass is 406 g/mol. The van der Waals surface area contributed by atoms with Gasteiger partial charge in [0.25, 0.3) is 0 Å². The smallest absolute Gasteiger partial charge is 0.242 e. The quantitative estimate of drug-likeness (QED) is 0.623. The van der Waals surface area contributed by atoms with Gasteiger partial charge in [-0.1, -0.05) is 30.3 Å². The van der Waals surface area contributed by atoms with Crippen LogP contribution in [0.3, 0.4) is 0 Å². The molecule has 2 heterocycles. The average molecular weight is 406 g/mol. The Bertz CT molecular complexity index is 1040. The van der Waals surface area contributed by atoms with E-state index in [-0.39, 0.29) is 11.4 Å². The van der Waals surface area contributed by atoms with Crippen molar-refractivity contribution in [2.24, 2.45) is 0 Å². The van der Waals surface area contributed by atoms with Crippen LogP contribution in [0.4, 0.5) is 5.69 Å². The Balaban J connectivity index is 1.70. The molecule has 0 aliphatic heterocycles. The van der Waals surface area contributed by atoms with Gasteiger partial charge in [-0.25, -0.2) is 13.1 Å². The number of nitrogens with one attached hydrogen (secondary N) is 2. The first-order valence-electron chi connectivity index (χ1n) is 8.17. The number of aromatic nitrogens is 2. The minimum Gasteiger partial charge on any atom is -0.339 e. The lowest BCUT2D eigenvalue weighted by atomic mass is 10.3. The molecule has 0 saturated carbocycles. The molecule has 10 heteroatoms. The second-order valence-corrected chi connectivity index (χ2v) is 8.63. The minimum atomic E-state index is -3.85. The molecule has 142 valence electrons. The van der Waals surface area contributed by atoms with Crippen molar-refractivity contribution in [3.8, 4) is 10.7 Å². The molecule has 8 nitrogen and oxygen atoms in total. The molecule has 3 rings (SSSR count). The van der Waals surface area contributed by atoms with Crippen LogP contribution in [-0.2, 0) is 21.2 Å². The lowest BCUT2D eigenvalue weighted by Crippen LogP contribution is -2.33. The summed E-state index contributed by atoms with van der Waals surface area (Å²) in [6.45, 7) is 3.20. The number of aryl methyl sites for hydroxylation is 2. The molecule has 0 unspecified atom stereocenters. The predicted octanol–water partition coefficient (Wildman–Crippen LogP) is 2.59. The largest absolute Gasteiger partial charge is 0.339 e. The molecule has 0 aliphatic rings. The van der Waals surface area contributed by atoms with Gasteiger partial charge in [0.05, 0.1) is 16.3 Å². The lowest BCUT2D eigenvalue weighted by molar-refractivity contribution is -0.115. The standard InChI is InChI=1S/C17H18N4O4S2/c1-3-16-20-17(21-25-16)13-9-14(11(2)26-13)27(23,24)18-10-15(22)19-12-7-5-4-6-8-12/h4-9,18H,3,10H2,1-2H3,(H,19,22). The lowest BCUT2D eigenvalue weighted by Gasteiger charge is -2.07. The molecule has 0 saturated heterocycles. The second-order valence-electron chi connectivity index (χ2n) is 5.64. The number of para-hydroxylation sites is 1. The number of amides is 1. The van der Waals surface area contributed by atoms with Gasteiger partial charge in [-0.2, -0.15) is 4.98 Å². The van der Waals surface area contributed by atoms with Gasteiger partial charge in [-0.15, -0.1) is 11.3 Å². The van der Waals surface area contributed by atoms with E-state index in [0.29, 0.717) is 33.6 Å². The van der Waals surface area contributed by atoms with Gasteiger partial charge >= 0.3 is 0 Å². The zero-order valence-corrected chi connectivity index (χ0v) is 16.4. The molecular formula is C17H18N4O4S2. The van der Waals surface area contributed by atoms with E-state index in [9.17, 15) is 13.2 Å². The van der Waals surface area contributed by atoms with E-state index in [1.807, 2.05) is 13.0 Å². The first-order valence-corrected chi connectivity index (χ1v) is 10.5. The predicted molar refractivity (Wildman–Crippen MR) is 102 cm³/mol. The van der Waals surface area contributed by atoms with E-state index in [2.05, 4.69) is 20.2 Å². The number of carbonyl (C=O) groups is 1. The van der Waals surface area contributed by atoms with Crippen LogP contribution in [0.5, 0.6) is 0 Å². The van der Waals surface area contributed by atoms with Gasteiger partial charge in [0.2, 0.25) is 27.6 Å². The van der Waals surface area contributed by atoms with Crippen molar-refractivity contribution in [1.29, 1.82) is 0 Å². The van der Waals surface area contributed by atoms with E-state index in [1.54, 1.807) is 31.2 Å². The molecule has 0 spiro atoms. The SMILES string of the molecule is CCc1nc(-c2cc(S(=O)(=O)NCC(=O)Nc3ccccc3)c(C)s2)no1. The number of thiophene rings is 1. The van der Waals surface area contributed by atoms with Gasteiger partial charge in [-0.05, 0) is 25.1 Å². The number of hydrogen-bond acceptors (Lipinski definition) is 7. The van der Waals surface area contributed by atoms with Crippen LogP contribution >= 0.6 is 11.3 Å². The molecule has 0 radical (unpaired) electrons. The highest BCUT2D eigenvalue weighted by Gasteiger charge is 2.23. The Hall–Kier alpha value is -2.56. The van der Waals surface area contributed by atoms with Gasteiger partial charge in [0, 0.05) is 17.0 Å². The summed E-state index contributed by atoms with van der Waals surface area (Å²) >= 11 is 1.25. The van der Waals surface area contributed by atoms with Gasteiger partial charge in [-0.3, -0.25) is 4.79 Å². The van der Waals surface area contributed by atoms with Gasteiger partial charge in [0.15, 0.2) is 0 Å². The highest BCUT2D eigenvalue weighted by Crippen LogP contribution is 2.31.